The van der Waals surface area contributed by atoms with E-state index >= 15 is 0 Å². The number of aliphatic hydroxyl groups is 1. The van der Waals surface area contributed by atoms with Gasteiger partial charge in [-0.05, 0) is 24.6 Å². The summed E-state index contributed by atoms with van der Waals surface area (Å²) < 4.78 is 10.9. The highest BCUT2D eigenvalue weighted by molar-refractivity contribution is 5.51. The van der Waals surface area contributed by atoms with E-state index in [1.165, 1.54) is 11.1 Å². The number of fused-ring (bicyclic) bond motifs is 1. The molecule has 1 aliphatic heterocycles. The molecule has 0 aromatic heterocycles. The summed E-state index contributed by atoms with van der Waals surface area (Å²) in [7, 11) is 3.29. The van der Waals surface area contributed by atoms with Gasteiger partial charge < -0.3 is 14.6 Å². The van der Waals surface area contributed by atoms with Crippen LogP contribution in [0.2, 0.25) is 0 Å². The molecule has 0 saturated heterocycles. The molecule has 4 heteroatoms. The summed E-state index contributed by atoms with van der Waals surface area (Å²) in [4.78, 5) is 2.24. The normalized spacial score (nSPS) is 17.7. The molecule has 2 aromatic carbocycles. The fourth-order valence-corrected chi connectivity index (χ4v) is 3.33. The minimum Gasteiger partial charge on any atom is -0.496 e. The molecule has 1 atom stereocenters. The smallest absolute Gasteiger partial charge is 0.125 e. The minimum absolute atomic E-state index is 0.575. The monoisotopic (exact) mass is 313 g/mol. The second-order valence-corrected chi connectivity index (χ2v) is 6.04. The molecule has 2 aromatic rings. The van der Waals surface area contributed by atoms with Crippen LogP contribution in [0.15, 0.2) is 36.4 Å². The number of nitrogens with zero attached hydrogens (tertiary/aromatic N) is 1. The average Bonchev–Trinajstić information content (AvgIpc) is 2.53. The van der Waals surface area contributed by atoms with E-state index in [1.807, 2.05) is 12.1 Å². The van der Waals surface area contributed by atoms with Gasteiger partial charge in [-0.25, -0.2) is 0 Å². The standard InChI is InChI=1S/C19H23NO3/c1-13-5-4-6-14(9-13)10-20-11-15-17(22-2)7-8-18(23-3)19(15)16(21)12-20/h4-9,16,21H,10-12H2,1-3H3. The maximum atomic E-state index is 10.6. The molecule has 1 unspecified atom stereocenters. The first-order chi connectivity index (χ1) is 11.1. The summed E-state index contributed by atoms with van der Waals surface area (Å²) in [6.45, 7) is 4.22. The van der Waals surface area contributed by atoms with Crippen LogP contribution in [0, 0.1) is 6.92 Å². The average molecular weight is 313 g/mol. The number of hydrogen-bond acceptors (Lipinski definition) is 4. The molecule has 0 radical (unpaired) electrons. The Labute approximate surface area is 137 Å². The van der Waals surface area contributed by atoms with Crippen molar-refractivity contribution in [3.8, 4) is 11.5 Å². The zero-order valence-corrected chi connectivity index (χ0v) is 13.9. The molecule has 1 heterocycles. The molecule has 1 aliphatic rings. The van der Waals surface area contributed by atoms with Gasteiger partial charge in [0.15, 0.2) is 0 Å². The lowest BCUT2D eigenvalue weighted by atomic mass is 9.94. The number of aryl methyl sites for hydroxylation is 1. The predicted molar refractivity (Wildman–Crippen MR) is 89.8 cm³/mol. The van der Waals surface area contributed by atoms with Crippen LogP contribution in [-0.2, 0) is 13.1 Å². The fourth-order valence-electron chi connectivity index (χ4n) is 3.33. The van der Waals surface area contributed by atoms with Gasteiger partial charge in [-0.3, -0.25) is 4.90 Å². The van der Waals surface area contributed by atoms with Crippen molar-refractivity contribution in [1.82, 2.24) is 4.90 Å². The Morgan fingerprint density at radius 2 is 1.87 bits per heavy atom. The van der Waals surface area contributed by atoms with Gasteiger partial charge in [-0.2, -0.15) is 0 Å². The van der Waals surface area contributed by atoms with Crippen molar-refractivity contribution >= 4 is 0 Å². The lowest BCUT2D eigenvalue weighted by molar-refractivity contribution is 0.0843. The van der Waals surface area contributed by atoms with E-state index in [1.54, 1.807) is 14.2 Å². The van der Waals surface area contributed by atoms with Crippen molar-refractivity contribution in [3.63, 3.8) is 0 Å². The van der Waals surface area contributed by atoms with E-state index < -0.39 is 6.10 Å². The van der Waals surface area contributed by atoms with Crippen molar-refractivity contribution in [2.24, 2.45) is 0 Å². The second-order valence-electron chi connectivity index (χ2n) is 6.04. The number of aliphatic hydroxyl groups excluding tert-OH is 1. The zero-order chi connectivity index (χ0) is 16.4. The van der Waals surface area contributed by atoms with Crippen LogP contribution in [0.25, 0.3) is 0 Å². The summed E-state index contributed by atoms with van der Waals surface area (Å²) in [5.41, 5.74) is 4.37. The number of rotatable bonds is 4. The third kappa shape index (κ3) is 3.19. The SMILES string of the molecule is COc1ccc(OC)c2c1CN(Cc1cccc(C)c1)CC2O. The van der Waals surface area contributed by atoms with Crippen LogP contribution in [-0.4, -0.2) is 30.8 Å². The summed E-state index contributed by atoms with van der Waals surface area (Å²) in [6.07, 6.45) is -0.575. The van der Waals surface area contributed by atoms with Crippen molar-refractivity contribution < 1.29 is 14.6 Å². The van der Waals surface area contributed by atoms with Crippen LogP contribution < -0.4 is 9.47 Å². The third-order valence-electron chi connectivity index (χ3n) is 4.35. The van der Waals surface area contributed by atoms with Crippen molar-refractivity contribution in [1.29, 1.82) is 0 Å². The third-order valence-corrected chi connectivity index (χ3v) is 4.35. The Hall–Kier alpha value is -2.04. The molecule has 4 nitrogen and oxygen atoms in total. The van der Waals surface area contributed by atoms with Gasteiger partial charge >= 0.3 is 0 Å². The molecule has 0 amide bonds. The number of methoxy groups -OCH3 is 2. The topological polar surface area (TPSA) is 41.9 Å². The van der Waals surface area contributed by atoms with E-state index in [2.05, 4.69) is 36.1 Å². The first-order valence-corrected chi connectivity index (χ1v) is 7.82. The quantitative estimate of drug-likeness (QED) is 0.942. The molecule has 0 bridgehead atoms. The van der Waals surface area contributed by atoms with Crippen LogP contribution in [0.5, 0.6) is 11.5 Å². The largest absolute Gasteiger partial charge is 0.496 e. The highest BCUT2D eigenvalue weighted by Gasteiger charge is 2.29. The fraction of sp³-hybridized carbons (Fsp3) is 0.368. The molecule has 0 saturated carbocycles. The van der Waals surface area contributed by atoms with Gasteiger partial charge in [0.2, 0.25) is 0 Å². The first kappa shape index (κ1) is 15.8. The zero-order valence-electron chi connectivity index (χ0n) is 13.9. The van der Waals surface area contributed by atoms with Gasteiger partial charge in [-0.1, -0.05) is 29.8 Å². The van der Waals surface area contributed by atoms with E-state index in [9.17, 15) is 5.11 Å². The second kappa shape index (κ2) is 6.60. The number of ether oxygens (including phenoxy) is 2. The lowest BCUT2D eigenvalue weighted by Crippen LogP contribution is -2.33. The molecule has 3 rings (SSSR count). The maximum Gasteiger partial charge on any atom is 0.125 e. The van der Waals surface area contributed by atoms with E-state index in [0.717, 1.165) is 35.7 Å². The number of hydrogen-bond donors (Lipinski definition) is 1. The Bertz CT molecular complexity index is 699. The highest BCUT2D eigenvalue weighted by atomic mass is 16.5. The van der Waals surface area contributed by atoms with Gasteiger partial charge in [0.25, 0.3) is 0 Å². The molecule has 0 aliphatic carbocycles. The Morgan fingerprint density at radius 3 is 2.57 bits per heavy atom. The predicted octanol–water partition coefficient (Wildman–Crippen LogP) is 3.06. The number of β-amino-alcohol motifs (C(OH)–C–C–N with tert-alkyl or cyclic N) is 1. The van der Waals surface area contributed by atoms with Crippen LogP contribution >= 0.6 is 0 Å². The van der Waals surface area contributed by atoms with Crippen LogP contribution in [0.3, 0.4) is 0 Å². The molecular formula is C19H23NO3. The number of benzene rings is 2. The first-order valence-electron chi connectivity index (χ1n) is 7.82. The summed E-state index contributed by atoms with van der Waals surface area (Å²) in [5, 5.41) is 10.6. The van der Waals surface area contributed by atoms with Gasteiger partial charge in [0.1, 0.15) is 11.5 Å². The van der Waals surface area contributed by atoms with E-state index in [4.69, 9.17) is 9.47 Å². The van der Waals surface area contributed by atoms with E-state index in [0.29, 0.717) is 6.54 Å². The summed E-state index contributed by atoms with van der Waals surface area (Å²) >= 11 is 0. The molecule has 0 fully saturated rings. The van der Waals surface area contributed by atoms with Crippen LogP contribution in [0.1, 0.15) is 28.4 Å². The summed E-state index contributed by atoms with van der Waals surface area (Å²) in [5.74, 6) is 1.53. The molecular weight excluding hydrogens is 290 g/mol. The van der Waals surface area contributed by atoms with Gasteiger partial charge in [-0.15, -0.1) is 0 Å². The Balaban J connectivity index is 1.90. The maximum absolute atomic E-state index is 10.6. The van der Waals surface area contributed by atoms with Crippen LogP contribution in [0.4, 0.5) is 0 Å². The lowest BCUT2D eigenvalue weighted by Gasteiger charge is -2.34. The van der Waals surface area contributed by atoms with Crippen molar-refractivity contribution in [2.45, 2.75) is 26.1 Å². The highest BCUT2D eigenvalue weighted by Crippen LogP contribution is 2.39. The van der Waals surface area contributed by atoms with Gasteiger partial charge in [0.05, 0.1) is 20.3 Å². The Kier molecular flexibility index (Phi) is 4.55. The minimum atomic E-state index is -0.575. The van der Waals surface area contributed by atoms with Crippen molar-refractivity contribution in [2.75, 3.05) is 20.8 Å². The molecule has 23 heavy (non-hydrogen) atoms. The molecule has 0 spiro atoms. The van der Waals surface area contributed by atoms with Crippen molar-refractivity contribution in [3.05, 3.63) is 58.7 Å². The van der Waals surface area contributed by atoms with E-state index in [-0.39, 0.29) is 0 Å². The molecule has 1 N–H and O–H groups in total. The van der Waals surface area contributed by atoms with Gasteiger partial charge in [0, 0.05) is 30.8 Å². The summed E-state index contributed by atoms with van der Waals surface area (Å²) in [6, 6.07) is 12.2. The molecule has 122 valence electrons. The Morgan fingerprint density at radius 1 is 1.13 bits per heavy atom.